The first-order valence-corrected chi connectivity index (χ1v) is 14.7. The Balaban J connectivity index is 1.76. The average Bonchev–Trinajstić information content (AvgIpc) is 3.01. The van der Waals surface area contributed by atoms with Gasteiger partial charge >= 0.3 is 6.09 Å². The Hall–Kier alpha value is -5.31. The molecule has 9 nitrogen and oxygen atoms in total. The lowest BCUT2D eigenvalue weighted by Crippen LogP contribution is -2.54. The second kappa shape index (κ2) is 14.0. The summed E-state index contributed by atoms with van der Waals surface area (Å²) in [5, 5.41) is 26.1. The Labute approximate surface area is 263 Å². The lowest BCUT2D eigenvalue weighted by Gasteiger charge is -2.37. The van der Waals surface area contributed by atoms with Gasteiger partial charge in [-0.2, -0.15) is 0 Å². The van der Waals surface area contributed by atoms with Gasteiger partial charge in [0.25, 0.3) is 0 Å². The molecule has 0 saturated carbocycles. The highest BCUT2D eigenvalue weighted by molar-refractivity contribution is 6.02. The maximum atomic E-state index is 14.2. The van der Waals surface area contributed by atoms with Crippen molar-refractivity contribution in [3.05, 3.63) is 126 Å². The van der Waals surface area contributed by atoms with Crippen LogP contribution in [0.5, 0.6) is 11.5 Å². The Bertz CT molecular complexity index is 1510. The standard InChI is InChI=1S/C36H39N3O6/c1-5-39(30-22-21-28(40)23-31(30)41)33(43)29(37-34(44)45-35(2,3)4)24-32(42)38-36(25-15-9-6-10-16-25,26-17-11-7-12-18-26)27-19-13-8-14-20-27/h6-23,29,40-41H,5,24H2,1-4H3,(H,37,44)(H,38,42)/t29-/m1/s1. The fourth-order valence-electron chi connectivity index (χ4n) is 5.25. The second-order valence-electron chi connectivity index (χ2n) is 11.6. The van der Waals surface area contributed by atoms with Gasteiger partial charge in [0.1, 0.15) is 28.7 Å². The third-order valence-electron chi connectivity index (χ3n) is 7.16. The Morgan fingerprint density at radius 1 is 0.778 bits per heavy atom. The van der Waals surface area contributed by atoms with Crippen LogP contribution in [0.3, 0.4) is 0 Å². The number of nitrogens with one attached hydrogen (secondary N) is 2. The van der Waals surface area contributed by atoms with Gasteiger partial charge in [0.15, 0.2) is 0 Å². The summed E-state index contributed by atoms with van der Waals surface area (Å²) in [6.45, 7) is 6.87. The topological polar surface area (TPSA) is 128 Å². The minimum absolute atomic E-state index is 0.104. The van der Waals surface area contributed by atoms with Crippen LogP contribution in [-0.4, -0.2) is 46.3 Å². The quantitative estimate of drug-likeness (QED) is 0.167. The molecule has 0 unspecified atom stereocenters. The molecule has 9 heteroatoms. The van der Waals surface area contributed by atoms with E-state index in [4.69, 9.17) is 4.74 Å². The number of phenols is 2. The number of hydrogen-bond donors (Lipinski definition) is 4. The van der Waals surface area contributed by atoms with Gasteiger partial charge < -0.3 is 30.5 Å². The van der Waals surface area contributed by atoms with E-state index in [2.05, 4.69) is 10.6 Å². The van der Waals surface area contributed by atoms with Crippen LogP contribution in [0.4, 0.5) is 10.5 Å². The van der Waals surface area contributed by atoms with E-state index in [1.165, 1.54) is 17.0 Å². The SMILES string of the molecule is CCN(C(=O)[C@@H](CC(=O)NC(c1ccccc1)(c1ccccc1)c1ccccc1)NC(=O)OC(C)(C)C)c1ccc(O)cc1O. The van der Waals surface area contributed by atoms with Crippen molar-refractivity contribution >= 4 is 23.6 Å². The highest BCUT2D eigenvalue weighted by Crippen LogP contribution is 2.37. The van der Waals surface area contributed by atoms with Gasteiger partial charge in [0, 0.05) is 12.6 Å². The van der Waals surface area contributed by atoms with Crippen molar-refractivity contribution < 1.29 is 29.3 Å². The van der Waals surface area contributed by atoms with Crippen LogP contribution in [0, 0.1) is 0 Å². The smallest absolute Gasteiger partial charge is 0.408 e. The van der Waals surface area contributed by atoms with Crippen molar-refractivity contribution in [3.8, 4) is 11.5 Å². The molecule has 0 aliphatic heterocycles. The van der Waals surface area contributed by atoms with Gasteiger partial charge in [-0.15, -0.1) is 0 Å². The van der Waals surface area contributed by atoms with E-state index in [0.717, 1.165) is 22.8 Å². The molecule has 4 N–H and O–H groups in total. The molecule has 0 saturated heterocycles. The van der Waals surface area contributed by atoms with Crippen molar-refractivity contribution in [1.82, 2.24) is 10.6 Å². The molecule has 1 atom stereocenters. The molecule has 4 aromatic rings. The zero-order chi connectivity index (χ0) is 32.6. The number of benzene rings is 4. The Morgan fingerprint density at radius 2 is 1.27 bits per heavy atom. The van der Waals surface area contributed by atoms with Crippen LogP contribution in [0.2, 0.25) is 0 Å². The van der Waals surface area contributed by atoms with Crippen molar-refractivity contribution in [2.75, 3.05) is 11.4 Å². The van der Waals surface area contributed by atoms with Crippen molar-refractivity contribution in [2.24, 2.45) is 0 Å². The first kappa shape index (κ1) is 32.6. The molecule has 0 aliphatic rings. The normalized spacial score (nSPS) is 12.1. The minimum Gasteiger partial charge on any atom is -0.508 e. The molecule has 4 aromatic carbocycles. The van der Waals surface area contributed by atoms with E-state index in [-0.39, 0.29) is 23.7 Å². The average molecular weight is 610 g/mol. The van der Waals surface area contributed by atoms with Crippen LogP contribution in [0.15, 0.2) is 109 Å². The number of anilines is 1. The molecule has 0 radical (unpaired) electrons. The summed E-state index contributed by atoms with van der Waals surface area (Å²) >= 11 is 0. The molecule has 0 heterocycles. The lowest BCUT2D eigenvalue weighted by molar-refractivity contribution is -0.127. The molecule has 0 fully saturated rings. The summed E-state index contributed by atoms with van der Waals surface area (Å²) in [5.41, 5.74) is 0.501. The first-order chi connectivity index (χ1) is 21.4. The van der Waals surface area contributed by atoms with Gasteiger partial charge in [0.2, 0.25) is 11.8 Å². The molecule has 4 rings (SSSR count). The molecule has 0 aliphatic carbocycles. The number of ether oxygens (including phenoxy) is 1. The van der Waals surface area contributed by atoms with Gasteiger partial charge in [-0.3, -0.25) is 9.59 Å². The predicted octanol–water partition coefficient (Wildman–Crippen LogP) is 5.84. The number of rotatable bonds is 10. The summed E-state index contributed by atoms with van der Waals surface area (Å²) in [7, 11) is 0. The van der Waals surface area contributed by atoms with Crippen LogP contribution in [0.1, 0.15) is 50.8 Å². The van der Waals surface area contributed by atoms with Crippen molar-refractivity contribution in [3.63, 3.8) is 0 Å². The van der Waals surface area contributed by atoms with E-state index >= 15 is 0 Å². The third kappa shape index (κ3) is 7.80. The zero-order valence-electron chi connectivity index (χ0n) is 25.9. The van der Waals surface area contributed by atoms with Crippen molar-refractivity contribution in [1.29, 1.82) is 0 Å². The third-order valence-corrected chi connectivity index (χ3v) is 7.16. The largest absolute Gasteiger partial charge is 0.508 e. The maximum Gasteiger partial charge on any atom is 0.408 e. The molecule has 234 valence electrons. The summed E-state index contributed by atoms with van der Waals surface area (Å²) in [6.07, 6.45) is -1.32. The number of nitrogens with zero attached hydrogens (tertiary/aromatic N) is 1. The molecule has 0 spiro atoms. The number of aromatic hydroxyl groups is 2. The number of carbonyl (C=O) groups is 3. The monoisotopic (exact) mass is 609 g/mol. The lowest BCUT2D eigenvalue weighted by atomic mass is 9.77. The molecular weight excluding hydrogens is 570 g/mol. The highest BCUT2D eigenvalue weighted by atomic mass is 16.6. The number of phenolic OH excluding ortho intramolecular Hbond substituents is 2. The number of alkyl carbamates (subject to hydrolysis) is 1. The van der Waals surface area contributed by atoms with E-state index in [1.807, 2.05) is 91.0 Å². The van der Waals surface area contributed by atoms with Gasteiger partial charge in [-0.25, -0.2) is 4.79 Å². The van der Waals surface area contributed by atoms with E-state index in [1.54, 1.807) is 27.7 Å². The van der Waals surface area contributed by atoms with E-state index in [0.29, 0.717) is 0 Å². The van der Waals surface area contributed by atoms with Crippen LogP contribution >= 0.6 is 0 Å². The van der Waals surface area contributed by atoms with Crippen LogP contribution in [0.25, 0.3) is 0 Å². The van der Waals surface area contributed by atoms with Gasteiger partial charge in [-0.05, 0) is 56.5 Å². The van der Waals surface area contributed by atoms with Gasteiger partial charge in [-0.1, -0.05) is 91.0 Å². The summed E-state index contributed by atoms with van der Waals surface area (Å²) < 4.78 is 5.43. The van der Waals surface area contributed by atoms with Gasteiger partial charge in [0.05, 0.1) is 12.1 Å². The number of likely N-dealkylation sites (N-methyl/N-ethyl adjacent to an activating group) is 1. The van der Waals surface area contributed by atoms with E-state index in [9.17, 15) is 24.6 Å². The molecule has 3 amide bonds. The molecular formula is C36H39N3O6. The first-order valence-electron chi connectivity index (χ1n) is 14.7. The predicted molar refractivity (Wildman–Crippen MR) is 173 cm³/mol. The molecule has 0 bridgehead atoms. The second-order valence-corrected chi connectivity index (χ2v) is 11.6. The fraction of sp³-hybridized carbons (Fsp3) is 0.250. The number of hydrogen-bond acceptors (Lipinski definition) is 6. The maximum absolute atomic E-state index is 14.2. The summed E-state index contributed by atoms with van der Waals surface area (Å²) in [4.78, 5) is 42.4. The van der Waals surface area contributed by atoms with Crippen LogP contribution < -0.4 is 15.5 Å². The Kier molecular flexibility index (Phi) is 10.1. The summed E-state index contributed by atoms with van der Waals surface area (Å²) in [5.74, 6) is -1.68. The Morgan fingerprint density at radius 3 is 1.69 bits per heavy atom. The minimum atomic E-state index is -1.37. The fourth-order valence-corrected chi connectivity index (χ4v) is 5.25. The number of amides is 3. The molecule has 45 heavy (non-hydrogen) atoms. The van der Waals surface area contributed by atoms with Crippen molar-refractivity contribution in [2.45, 2.75) is 51.3 Å². The molecule has 0 aromatic heterocycles. The summed E-state index contributed by atoms with van der Waals surface area (Å²) in [6, 6.07) is 31.0. The van der Waals surface area contributed by atoms with E-state index < -0.39 is 41.5 Å². The number of carbonyl (C=O) groups excluding carboxylic acids is 3. The zero-order valence-corrected chi connectivity index (χ0v) is 25.9. The highest BCUT2D eigenvalue weighted by Gasteiger charge is 2.39. The van der Waals surface area contributed by atoms with Crippen LogP contribution in [-0.2, 0) is 19.9 Å².